The van der Waals surface area contributed by atoms with Gasteiger partial charge < -0.3 is 15.1 Å². The molecule has 5 nitrogen and oxygen atoms in total. The highest BCUT2D eigenvalue weighted by molar-refractivity contribution is 6.36. The molecule has 2 amide bonds. The molecule has 1 aromatic heterocycles. The molecule has 2 aromatic carbocycles. The highest BCUT2D eigenvalue weighted by Crippen LogP contribution is 2.31. The summed E-state index contributed by atoms with van der Waals surface area (Å²) in [4.78, 5) is 23.1. The molecule has 142 valence electrons. The Morgan fingerprint density at radius 2 is 1.61 bits per heavy atom. The van der Waals surface area contributed by atoms with Crippen LogP contribution in [0.1, 0.15) is 12.7 Å². The summed E-state index contributed by atoms with van der Waals surface area (Å²) in [5.74, 6) is 0.625. The molecule has 0 aliphatic rings. The molecule has 0 radical (unpaired) electrons. The molecule has 3 aromatic rings. The summed E-state index contributed by atoms with van der Waals surface area (Å²) in [5, 5.41) is 6.42. The van der Waals surface area contributed by atoms with E-state index in [-0.39, 0.29) is 11.8 Å². The van der Waals surface area contributed by atoms with E-state index in [0.717, 1.165) is 5.56 Å². The number of furan rings is 1. The van der Waals surface area contributed by atoms with Crippen LogP contribution >= 0.6 is 23.2 Å². The lowest BCUT2D eigenvalue weighted by Crippen LogP contribution is -2.08. The summed E-state index contributed by atoms with van der Waals surface area (Å²) in [6.07, 6.45) is 2.93. The Morgan fingerprint density at radius 3 is 2.25 bits per heavy atom. The second-order valence-electron chi connectivity index (χ2n) is 5.91. The fourth-order valence-electron chi connectivity index (χ4n) is 2.46. The minimum atomic E-state index is -0.310. The topological polar surface area (TPSA) is 71.3 Å². The molecule has 0 atom stereocenters. The summed E-state index contributed by atoms with van der Waals surface area (Å²) >= 11 is 12.1. The maximum atomic E-state index is 12.1. The number of anilines is 2. The van der Waals surface area contributed by atoms with E-state index in [4.69, 9.17) is 27.6 Å². The van der Waals surface area contributed by atoms with E-state index in [9.17, 15) is 9.59 Å². The largest absolute Gasteiger partial charge is 0.457 e. The molecule has 0 fully saturated rings. The lowest BCUT2D eigenvalue weighted by Gasteiger charge is -2.05. The first-order valence-corrected chi connectivity index (χ1v) is 9.08. The number of nitrogens with one attached hydrogen (secondary N) is 2. The zero-order chi connectivity index (χ0) is 20.1. The second-order valence-corrected chi connectivity index (χ2v) is 6.75. The zero-order valence-corrected chi connectivity index (χ0v) is 16.3. The Labute approximate surface area is 172 Å². The minimum Gasteiger partial charge on any atom is -0.457 e. The standard InChI is InChI=1S/C21H16Cl2N2O3/c1-13(26)24-15-3-5-16(6-4-15)25-21(27)11-8-17-7-10-20(28-17)18-9-2-14(22)12-19(18)23/h2-12H,1H3,(H,24,26)(H,25,27)/b11-8+. The second kappa shape index (κ2) is 8.78. The van der Waals surface area contributed by atoms with Crippen LogP contribution in [0, 0.1) is 0 Å². The van der Waals surface area contributed by atoms with Gasteiger partial charge >= 0.3 is 0 Å². The third kappa shape index (κ3) is 5.25. The van der Waals surface area contributed by atoms with Gasteiger partial charge in [0.2, 0.25) is 11.8 Å². The maximum Gasteiger partial charge on any atom is 0.248 e. The van der Waals surface area contributed by atoms with Gasteiger partial charge in [-0.15, -0.1) is 0 Å². The molecule has 0 saturated carbocycles. The van der Waals surface area contributed by atoms with Gasteiger partial charge in [0, 0.05) is 35.0 Å². The number of carbonyl (C=O) groups excluding carboxylic acids is 2. The van der Waals surface area contributed by atoms with Crippen molar-refractivity contribution in [2.24, 2.45) is 0 Å². The minimum absolute atomic E-state index is 0.155. The fourth-order valence-corrected chi connectivity index (χ4v) is 2.96. The third-order valence-electron chi connectivity index (χ3n) is 3.70. The first-order chi connectivity index (χ1) is 13.4. The van der Waals surface area contributed by atoms with Crippen LogP contribution in [0.3, 0.4) is 0 Å². The van der Waals surface area contributed by atoms with Crippen molar-refractivity contribution in [1.29, 1.82) is 0 Å². The molecule has 0 saturated heterocycles. The van der Waals surface area contributed by atoms with E-state index in [0.29, 0.717) is 32.9 Å². The van der Waals surface area contributed by atoms with Crippen LogP contribution in [0.2, 0.25) is 10.0 Å². The molecule has 2 N–H and O–H groups in total. The van der Waals surface area contributed by atoms with Gasteiger partial charge in [-0.3, -0.25) is 9.59 Å². The van der Waals surface area contributed by atoms with Gasteiger partial charge in [-0.1, -0.05) is 23.2 Å². The molecule has 0 bridgehead atoms. The van der Waals surface area contributed by atoms with Crippen molar-refractivity contribution >= 4 is 52.5 Å². The number of amides is 2. The lowest BCUT2D eigenvalue weighted by atomic mass is 10.2. The van der Waals surface area contributed by atoms with Crippen LogP contribution in [0.4, 0.5) is 11.4 Å². The SMILES string of the molecule is CC(=O)Nc1ccc(NC(=O)/C=C/c2ccc(-c3ccc(Cl)cc3Cl)o2)cc1. The number of carbonyl (C=O) groups is 2. The average Bonchev–Trinajstić information content (AvgIpc) is 3.10. The van der Waals surface area contributed by atoms with Crippen molar-refractivity contribution in [2.45, 2.75) is 6.92 Å². The van der Waals surface area contributed by atoms with Crippen molar-refractivity contribution in [3.8, 4) is 11.3 Å². The zero-order valence-electron chi connectivity index (χ0n) is 14.8. The molecular formula is C21H16Cl2N2O3. The van der Waals surface area contributed by atoms with Crippen LogP contribution in [-0.4, -0.2) is 11.8 Å². The van der Waals surface area contributed by atoms with Gasteiger partial charge in [-0.2, -0.15) is 0 Å². The summed E-state index contributed by atoms with van der Waals surface area (Å²) in [7, 11) is 0. The number of rotatable bonds is 5. The summed E-state index contributed by atoms with van der Waals surface area (Å²) in [6.45, 7) is 1.43. The summed E-state index contributed by atoms with van der Waals surface area (Å²) < 4.78 is 5.71. The first kappa shape index (κ1) is 19.7. The molecule has 7 heteroatoms. The normalized spacial score (nSPS) is 10.8. The summed E-state index contributed by atoms with van der Waals surface area (Å²) in [6, 6.07) is 15.5. The van der Waals surface area contributed by atoms with E-state index in [1.165, 1.54) is 13.0 Å². The van der Waals surface area contributed by atoms with Crippen LogP contribution in [-0.2, 0) is 9.59 Å². The van der Waals surface area contributed by atoms with Gasteiger partial charge in [0.15, 0.2) is 0 Å². The number of hydrogen-bond acceptors (Lipinski definition) is 3. The Hall–Kier alpha value is -3.02. The maximum absolute atomic E-state index is 12.1. The van der Waals surface area contributed by atoms with E-state index >= 15 is 0 Å². The predicted octanol–water partition coefficient (Wildman–Crippen LogP) is 5.86. The van der Waals surface area contributed by atoms with E-state index < -0.39 is 0 Å². The first-order valence-electron chi connectivity index (χ1n) is 8.33. The van der Waals surface area contributed by atoms with Crippen molar-refractivity contribution < 1.29 is 14.0 Å². The van der Waals surface area contributed by atoms with Crippen molar-refractivity contribution in [3.05, 3.63) is 76.5 Å². The van der Waals surface area contributed by atoms with Gasteiger partial charge in [0.1, 0.15) is 11.5 Å². The Bertz CT molecular complexity index is 1040. The lowest BCUT2D eigenvalue weighted by molar-refractivity contribution is -0.114. The van der Waals surface area contributed by atoms with Crippen LogP contribution in [0.25, 0.3) is 17.4 Å². The quantitative estimate of drug-likeness (QED) is 0.513. The smallest absolute Gasteiger partial charge is 0.248 e. The molecular weight excluding hydrogens is 399 g/mol. The van der Waals surface area contributed by atoms with Gasteiger partial charge in [0.25, 0.3) is 0 Å². The molecule has 0 unspecified atom stereocenters. The van der Waals surface area contributed by atoms with Crippen LogP contribution in [0.15, 0.2) is 65.1 Å². The number of halogens is 2. The van der Waals surface area contributed by atoms with Crippen molar-refractivity contribution in [3.63, 3.8) is 0 Å². The Morgan fingerprint density at radius 1 is 0.929 bits per heavy atom. The van der Waals surface area contributed by atoms with Crippen molar-refractivity contribution in [1.82, 2.24) is 0 Å². The molecule has 3 rings (SSSR count). The number of hydrogen-bond donors (Lipinski definition) is 2. The molecule has 0 aliphatic carbocycles. The van der Waals surface area contributed by atoms with E-state index in [1.54, 1.807) is 60.7 Å². The van der Waals surface area contributed by atoms with Crippen LogP contribution in [0.5, 0.6) is 0 Å². The third-order valence-corrected chi connectivity index (χ3v) is 4.24. The average molecular weight is 415 g/mol. The predicted molar refractivity (Wildman–Crippen MR) is 113 cm³/mol. The highest BCUT2D eigenvalue weighted by Gasteiger charge is 2.08. The monoisotopic (exact) mass is 414 g/mol. The fraction of sp³-hybridized carbons (Fsp3) is 0.0476. The van der Waals surface area contributed by atoms with Crippen molar-refractivity contribution in [2.75, 3.05) is 10.6 Å². The van der Waals surface area contributed by atoms with E-state index in [1.807, 2.05) is 0 Å². The number of benzene rings is 2. The van der Waals surface area contributed by atoms with Gasteiger partial charge in [0.05, 0.1) is 5.02 Å². The highest BCUT2D eigenvalue weighted by atomic mass is 35.5. The summed E-state index contributed by atoms with van der Waals surface area (Å²) in [5.41, 5.74) is 1.98. The van der Waals surface area contributed by atoms with Gasteiger partial charge in [-0.05, 0) is 60.7 Å². The van der Waals surface area contributed by atoms with Crippen LogP contribution < -0.4 is 10.6 Å². The Balaban J connectivity index is 1.63. The molecule has 0 spiro atoms. The van der Waals surface area contributed by atoms with E-state index in [2.05, 4.69) is 10.6 Å². The Kier molecular flexibility index (Phi) is 6.19. The van der Waals surface area contributed by atoms with Gasteiger partial charge in [-0.25, -0.2) is 0 Å². The molecule has 28 heavy (non-hydrogen) atoms. The molecule has 0 aliphatic heterocycles. The molecule has 1 heterocycles.